The van der Waals surface area contributed by atoms with Crippen LogP contribution >= 0.6 is 11.3 Å². The number of nitrogens with one attached hydrogen (secondary N) is 3. The van der Waals surface area contributed by atoms with Gasteiger partial charge in [0.05, 0.1) is 12.2 Å². The highest BCUT2D eigenvalue weighted by molar-refractivity contribution is 7.13. The van der Waals surface area contributed by atoms with E-state index in [0.717, 1.165) is 22.6 Å². The Morgan fingerprint density at radius 2 is 1.90 bits per heavy atom. The van der Waals surface area contributed by atoms with Crippen LogP contribution in [0.3, 0.4) is 0 Å². The van der Waals surface area contributed by atoms with Crippen LogP contribution in [0, 0.1) is 24.0 Å². The lowest BCUT2D eigenvalue weighted by atomic mass is 9.97. The number of carbonyl (C=O) groups excluding carboxylic acids is 2. The second-order valence-electron chi connectivity index (χ2n) is 10.5. The number of urea groups is 1. The number of aromatic nitrogens is 3. The highest BCUT2D eigenvalue weighted by Crippen LogP contribution is 2.39. The number of hydrogen-bond donors (Lipinski definition) is 3. The summed E-state index contributed by atoms with van der Waals surface area (Å²) in [5, 5.41) is 10.9. The summed E-state index contributed by atoms with van der Waals surface area (Å²) >= 11 is 1.30. The van der Waals surface area contributed by atoms with Crippen molar-refractivity contribution in [2.24, 2.45) is 5.41 Å². The number of fused-ring (bicyclic) bond motifs is 1. The van der Waals surface area contributed by atoms with Crippen LogP contribution in [0.4, 0.5) is 36.2 Å². The largest absolute Gasteiger partial charge is 0.354 e. The van der Waals surface area contributed by atoms with Gasteiger partial charge < -0.3 is 10.6 Å². The molecule has 206 valence electrons. The number of anilines is 4. The second kappa shape index (κ2) is 10.6. The number of benzene rings is 2. The van der Waals surface area contributed by atoms with Crippen LogP contribution in [0.5, 0.6) is 0 Å². The number of para-hydroxylation sites is 1. The van der Waals surface area contributed by atoms with E-state index in [0.29, 0.717) is 34.1 Å². The van der Waals surface area contributed by atoms with Gasteiger partial charge in [-0.05, 0) is 42.2 Å². The molecule has 0 atom stereocenters. The van der Waals surface area contributed by atoms with Gasteiger partial charge in [-0.2, -0.15) is 4.98 Å². The van der Waals surface area contributed by atoms with Gasteiger partial charge in [0.25, 0.3) is 5.91 Å². The van der Waals surface area contributed by atoms with Crippen molar-refractivity contribution in [3.05, 3.63) is 76.3 Å². The predicted octanol–water partition coefficient (Wildman–Crippen LogP) is 6.26. The predicted molar refractivity (Wildman–Crippen MR) is 151 cm³/mol. The number of hydrogen-bond acceptors (Lipinski definition) is 7. The molecule has 1 aliphatic heterocycles. The minimum Gasteiger partial charge on any atom is -0.354 e. The van der Waals surface area contributed by atoms with Gasteiger partial charge in [-0.1, -0.05) is 32.9 Å². The van der Waals surface area contributed by atoms with Gasteiger partial charge >= 0.3 is 6.03 Å². The van der Waals surface area contributed by atoms with Crippen molar-refractivity contribution < 1.29 is 18.4 Å². The zero-order chi connectivity index (χ0) is 28.6. The molecule has 0 saturated heterocycles. The number of carbonyl (C=O) groups is 2. The lowest BCUT2D eigenvalue weighted by Gasteiger charge is -2.31. The molecule has 0 radical (unpaired) electrons. The summed E-state index contributed by atoms with van der Waals surface area (Å²) in [4.78, 5) is 40.3. The first kappa shape index (κ1) is 27.1. The minimum absolute atomic E-state index is 0.0185. The quantitative estimate of drug-likeness (QED) is 0.255. The highest BCUT2D eigenvalue weighted by Gasteiger charge is 2.34. The van der Waals surface area contributed by atoms with E-state index in [-0.39, 0.29) is 29.6 Å². The molecule has 9 nitrogen and oxygen atoms in total. The van der Waals surface area contributed by atoms with E-state index >= 15 is 0 Å². The summed E-state index contributed by atoms with van der Waals surface area (Å²) in [6.07, 6.45) is 1.60. The summed E-state index contributed by atoms with van der Waals surface area (Å²) in [5.41, 5.74) is 1.96. The fraction of sp³-hybridized carbons (Fsp3) is 0.250. The summed E-state index contributed by atoms with van der Waals surface area (Å²) in [6, 6.07) is 7.83. The van der Waals surface area contributed by atoms with E-state index in [9.17, 15) is 18.4 Å². The molecule has 5 rings (SSSR count). The molecule has 40 heavy (non-hydrogen) atoms. The molecule has 2 aromatic heterocycles. The Kier molecular flexibility index (Phi) is 7.19. The Hall–Kier alpha value is -4.45. The number of rotatable bonds is 6. The van der Waals surface area contributed by atoms with Crippen LogP contribution < -0.4 is 20.9 Å². The Balaban J connectivity index is 1.68. The fourth-order valence-corrected chi connectivity index (χ4v) is 4.71. The van der Waals surface area contributed by atoms with Crippen LogP contribution in [-0.4, -0.2) is 33.4 Å². The SMILES string of the molecule is Cc1ccc(C(=O)Nc2nccs2)cc1-c1nc(NCC(C)(C)C)nc2c1CNC(=O)N2c1c(F)cccc1F. The van der Waals surface area contributed by atoms with Gasteiger partial charge in [0, 0.05) is 34.8 Å². The average molecular weight is 564 g/mol. The molecule has 0 spiro atoms. The summed E-state index contributed by atoms with van der Waals surface area (Å²) in [6.45, 7) is 8.46. The maximum atomic E-state index is 14.9. The normalized spacial score (nSPS) is 13.1. The molecular weight excluding hydrogens is 536 g/mol. The Morgan fingerprint density at radius 3 is 2.58 bits per heavy atom. The van der Waals surface area contributed by atoms with Gasteiger partial charge in [-0.15, -0.1) is 11.3 Å². The summed E-state index contributed by atoms with van der Waals surface area (Å²) < 4.78 is 29.8. The summed E-state index contributed by atoms with van der Waals surface area (Å²) in [7, 11) is 0. The monoisotopic (exact) mass is 563 g/mol. The zero-order valence-corrected chi connectivity index (χ0v) is 23.1. The maximum absolute atomic E-state index is 14.9. The molecule has 1 aliphatic rings. The van der Waals surface area contributed by atoms with Crippen molar-refractivity contribution in [3.8, 4) is 11.3 Å². The topological polar surface area (TPSA) is 112 Å². The van der Waals surface area contributed by atoms with Crippen molar-refractivity contribution in [2.45, 2.75) is 34.2 Å². The first-order valence-electron chi connectivity index (χ1n) is 12.5. The van der Waals surface area contributed by atoms with E-state index in [1.54, 1.807) is 29.8 Å². The highest BCUT2D eigenvalue weighted by atomic mass is 32.1. The lowest BCUT2D eigenvalue weighted by molar-refractivity contribution is 0.102. The van der Waals surface area contributed by atoms with Crippen molar-refractivity contribution in [2.75, 3.05) is 22.1 Å². The van der Waals surface area contributed by atoms with E-state index in [1.165, 1.54) is 17.4 Å². The minimum atomic E-state index is -0.913. The van der Waals surface area contributed by atoms with Gasteiger partial charge in [0.1, 0.15) is 17.3 Å². The Labute approximate surface area is 233 Å². The zero-order valence-electron chi connectivity index (χ0n) is 22.3. The fourth-order valence-electron chi connectivity index (χ4n) is 4.19. The third kappa shape index (κ3) is 5.48. The first-order chi connectivity index (χ1) is 19.0. The molecule has 0 fully saturated rings. The van der Waals surface area contributed by atoms with Crippen molar-refractivity contribution in [1.82, 2.24) is 20.3 Å². The third-order valence-electron chi connectivity index (χ3n) is 6.16. The third-order valence-corrected chi connectivity index (χ3v) is 6.85. The smallest absolute Gasteiger partial charge is 0.328 e. The molecule has 0 unspecified atom stereocenters. The number of amides is 3. The number of aryl methyl sites for hydroxylation is 1. The average Bonchev–Trinajstić information content (AvgIpc) is 3.41. The lowest BCUT2D eigenvalue weighted by Crippen LogP contribution is -2.43. The summed E-state index contributed by atoms with van der Waals surface area (Å²) in [5.74, 6) is -1.95. The van der Waals surface area contributed by atoms with Gasteiger partial charge in [0.2, 0.25) is 5.95 Å². The van der Waals surface area contributed by atoms with E-state index < -0.39 is 23.4 Å². The van der Waals surface area contributed by atoms with Crippen LogP contribution in [0.2, 0.25) is 0 Å². The molecule has 0 saturated carbocycles. The number of halogens is 2. The van der Waals surface area contributed by atoms with Crippen molar-refractivity contribution >= 4 is 45.9 Å². The number of nitrogens with zero attached hydrogens (tertiary/aromatic N) is 4. The first-order valence-corrected chi connectivity index (χ1v) is 13.4. The van der Waals surface area contributed by atoms with E-state index in [4.69, 9.17) is 4.98 Å². The van der Waals surface area contributed by atoms with Crippen LogP contribution in [0.25, 0.3) is 11.3 Å². The maximum Gasteiger partial charge on any atom is 0.328 e. The molecule has 4 aromatic rings. The van der Waals surface area contributed by atoms with Crippen molar-refractivity contribution in [3.63, 3.8) is 0 Å². The number of thiazole rings is 1. The van der Waals surface area contributed by atoms with E-state index in [1.807, 2.05) is 27.7 Å². The van der Waals surface area contributed by atoms with Crippen LogP contribution in [-0.2, 0) is 6.54 Å². The molecule has 3 heterocycles. The molecule has 12 heteroatoms. The van der Waals surface area contributed by atoms with Gasteiger partial charge in [-0.25, -0.2) is 28.4 Å². The molecule has 0 bridgehead atoms. The van der Waals surface area contributed by atoms with Gasteiger partial charge in [0.15, 0.2) is 10.9 Å². The molecule has 3 N–H and O–H groups in total. The second-order valence-corrected chi connectivity index (χ2v) is 11.4. The van der Waals surface area contributed by atoms with E-state index in [2.05, 4.69) is 25.9 Å². The van der Waals surface area contributed by atoms with Crippen LogP contribution in [0.15, 0.2) is 48.0 Å². The Bertz CT molecular complexity index is 1580. The standard InChI is InChI=1S/C28H27F2N7O2S/c1-15-8-9-16(24(38)36-26-31-10-11-40-26)12-17(15)21-18-13-32-27(39)37(22-19(29)6-5-7-20(22)30)23(18)35-25(34-21)33-14-28(2,3)4/h5-12H,13-14H2,1-4H3,(H,32,39)(H,31,36,38)(H,33,34,35). The molecule has 3 amide bonds. The van der Waals surface area contributed by atoms with Crippen LogP contribution in [0.1, 0.15) is 42.3 Å². The van der Waals surface area contributed by atoms with Crippen molar-refractivity contribution in [1.29, 1.82) is 0 Å². The molecule has 2 aromatic carbocycles. The Morgan fingerprint density at radius 1 is 1.15 bits per heavy atom. The molecular formula is C28H27F2N7O2S. The molecule has 0 aliphatic carbocycles. The van der Waals surface area contributed by atoms with Gasteiger partial charge in [-0.3, -0.25) is 10.1 Å².